The molecule has 1 N–H and O–H groups in total. The van der Waals surface area contributed by atoms with E-state index in [1.54, 1.807) is 6.20 Å². The van der Waals surface area contributed by atoms with Gasteiger partial charge < -0.3 is 14.2 Å². The van der Waals surface area contributed by atoms with Crippen molar-refractivity contribution in [1.82, 2.24) is 14.6 Å². The van der Waals surface area contributed by atoms with E-state index in [-0.39, 0.29) is 22.4 Å². The highest BCUT2D eigenvalue weighted by atomic mass is 32.2. The Morgan fingerprint density at radius 1 is 1.33 bits per heavy atom. The Hall–Kier alpha value is -1.31. The molecule has 2 heterocycles. The number of nitrogens with zero attached hydrogens (tertiary/aromatic N) is 2. The molecule has 1 aliphatic rings. The molecule has 7 heteroatoms. The normalized spacial score (nSPS) is 21.4. The fourth-order valence-corrected chi connectivity index (χ4v) is 4.63. The topological polar surface area (TPSA) is 77.5 Å². The van der Waals surface area contributed by atoms with E-state index in [1.807, 2.05) is 64.6 Å². The first-order valence-electron chi connectivity index (χ1n) is 10.8. The zero-order chi connectivity index (χ0) is 22.7. The summed E-state index contributed by atoms with van der Waals surface area (Å²) in [4.78, 5) is 19.0. The predicted molar refractivity (Wildman–Crippen MR) is 122 cm³/mol. The summed E-state index contributed by atoms with van der Waals surface area (Å²) in [7, 11) is 0. The molecule has 3 atom stereocenters. The lowest BCUT2D eigenvalue weighted by atomic mass is 9.91. The van der Waals surface area contributed by atoms with Crippen molar-refractivity contribution in [2.24, 2.45) is 5.92 Å². The number of pyridine rings is 1. The van der Waals surface area contributed by atoms with Gasteiger partial charge in [0.1, 0.15) is 10.3 Å². The molecule has 1 aromatic heterocycles. The second-order valence-electron chi connectivity index (χ2n) is 10.9. The highest BCUT2D eigenvalue weighted by Crippen LogP contribution is 2.37. The third-order valence-electron chi connectivity index (χ3n) is 5.29. The number of ether oxygens (including phenoxy) is 1. The number of carbonyl (C=O) groups excluding carboxylic acids is 1. The molecule has 1 saturated heterocycles. The van der Waals surface area contributed by atoms with Crippen LogP contribution in [-0.4, -0.2) is 43.0 Å². The Morgan fingerprint density at radius 3 is 2.53 bits per heavy atom. The molecule has 1 aliphatic heterocycles. The van der Waals surface area contributed by atoms with Gasteiger partial charge in [0.05, 0.1) is 11.7 Å². The van der Waals surface area contributed by atoms with Crippen LogP contribution in [-0.2, 0) is 16.1 Å². The summed E-state index contributed by atoms with van der Waals surface area (Å²) in [6.45, 7) is 16.4. The largest absolute Gasteiger partial charge is 0.598 e. The van der Waals surface area contributed by atoms with Gasteiger partial charge in [0, 0.05) is 29.6 Å². The minimum atomic E-state index is -1.19. The molecule has 0 radical (unpaired) electrons. The minimum Gasteiger partial charge on any atom is -0.598 e. The number of hydrogen-bond acceptors (Lipinski definition) is 5. The van der Waals surface area contributed by atoms with Gasteiger partial charge in [-0.25, -0.2) is 4.79 Å². The lowest BCUT2D eigenvalue weighted by Gasteiger charge is -2.33. The first kappa shape index (κ1) is 25.0. The molecule has 0 unspecified atom stereocenters. The molecule has 1 aromatic rings. The van der Waals surface area contributed by atoms with Crippen LogP contribution in [0.4, 0.5) is 4.79 Å². The summed E-state index contributed by atoms with van der Waals surface area (Å²) in [6, 6.07) is 5.73. The quantitative estimate of drug-likeness (QED) is 0.634. The van der Waals surface area contributed by atoms with E-state index >= 15 is 0 Å². The molecule has 170 valence electrons. The van der Waals surface area contributed by atoms with Crippen molar-refractivity contribution < 1.29 is 14.1 Å². The number of hydrogen-bond donors (Lipinski definition) is 1. The van der Waals surface area contributed by atoms with Crippen molar-refractivity contribution in [3.63, 3.8) is 0 Å². The maximum Gasteiger partial charge on any atom is 0.410 e. The van der Waals surface area contributed by atoms with E-state index in [1.165, 1.54) is 0 Å². The number of likely N-dealkylation sites (tertiary alicyclic amines) is 1. The van der Waals surface area contributed by atoms with Crippen LogP contribution in [0.2, 0.25) is 0 Å². The molecular weight excluding hydrogens is 398 g/mol. The Balaban J connectivity index is 2.05. The van der Waals surface area contributed by atoms with Crippen LogP contribution in [0.5, 0.6) is 0 Å². The number of amides is 1. The first-order valence-corrected chi connectivity index (χ1v) is 11.9. The molecule has 0 aliphatic carbocycles. The third kappa shape index (κ3) is 7.13. The van der Waals surface area contributed by atoms with Crippen LogP contribution in [0.1, 0.15) is 86.4 Å². The maximum absolute atomic E-state index is 12.7. The van der Waals surface area contributed by atoms with Crippen molar-refractivity contribution in [1.29, 1.82) is 0 Å². The van der Waals surface area contributed by atoms with Crippen molar-refractivity contribution in [3.05, 3.63) is 30.1 Å². The second-order valence-corrected chi connectivity index (χ2v) is 12.9. The van der Waals surface area contributed by atoms with Crippen molar-refractivity contribution in [2.45, 2.75) is 96.6 Å². The summed E-state index contributed by atoms with van der Waals surface area (Å²) in [5.41, 5.74) is 0.155. The van der Waals surface area contributed by atoms with Gasteiger partial charge in [-0.15, -0.1) is 4.72 Å². The lowest BCUT2D eigenvalue weighted by molar-refractivity contribution is 0.0131. The zero-order valence-corrected chi connectivity index (χ0v) is 20.6. The fourth-order valence-electron chi connectivity index (χ4n) is 3.78. The van der Waals surface area contributed by atoms with E-state index in [4.69, 9.17) is 4.74 Å². The standard InChI is InChI=1S/C23H39N3O3S/c1-21(2,3)29-20(27)26-16-17(15-23(26,7)8)12-13-19(18-11-9-10-14-24-18)25-30(28)22(4,5)6/h9-11,14,17,19,25H,12-13,15-16H2,1-8H3/t17-,19-,30-/m0/s1. The SMILES string of the molecule is CC(C)(C)OC(=O)N1C[C@@H](CC[C@H](N[S@@+]([O-])C(C)(C)C)c2ccccn2)CC1(C)C. The molecule has 0 spiro atoms. The van der Waals surface area contributed by atoms with Gasteiger partial charge in [-0.2, -0.15) is 0 Å². The van der Waals surface area contributed by atoms with Crippen molar-refractivity contribution in [2.75, 3.05) is 6.54 Å². The van der Waals surface area contributed by atoms with Crippen molar-refractivity contribution >= 4 is 17.5 Å². The lowest BCUT2D eigenvalue weighted by Crippen LogP contribution is -2.45. The Bertz CT molecular complexity index is 698. The van der Waals surface area contributed by atoms with Crippen LogP contribution in [0, 0.1) is 5.92 Å². The summed E-state index contributed by atoms with van der Waals surface area (Å²) in [5, 5.41) is 0. The molecule has 2 rings (SSSR count). The average Bonchev–Trinajstić information content (AvgIpc) is 2.91. The van der Waals surface area contributed by atoms with Gasteiger partial charge in [0.2, 0.25) is 0 Å². The molecule has 0 bridgehead atoms. The number of carbonyl (C=O) groups is 1. The van der Waals surface area contributed by atoms with Crippen LogP contribution in [0.25, 0.3) is 0 Å². The van der Waals surface area contributed by atoms with Gasteiger partial charge in [-0.1, -0.05) is 6.07 Å². The van der Waals surface area contributed by atoms with Crippen molar-refractivity contribution in [3.8, 4) is 0 Å². The summed E-state index contributed by atoms with van der Waals surface area (Å²) < 4.78 is 21.3. The Kier molecular flexibility index (Phi) is 7.86. The summed E-state index contributed by atoms with van der Waals surface area (Å²) >= 11 is -1.19. The van der Waals surface area contributed by atoms with Gasteiger partial charge in [-0.3, -0.25) is 4.98 Å². The third-order valence-corrected chi connectivity index (χ3v) is 6.90. The predicted octanol–water partition coefficient (Wildman–Crippen LogP) is 4.99. The van der Waals surface area contributed by atoms with Gasteiger partial charge in [0.15, 0.2) is 0 Å². The molecular formula is C23H39N3O3S. The molecule has 0 aromatic carbocycles. The summed E-state index contributed by atoms with van der Waals surface area (Å²) in [5.74, 6) is 0.364. The molecule has 30 heavy (non-hydrogen) atoms. The van der Waals surface area contributed by atoms with E-state index in [0.29, 0.717) is 12.5 Å². The molecule has 6 nitrogen and oxygen atoms in total. The van der Waals surface area contributed by atoms with Crippen LogP contribution < -0.4 is 4.72 Å². The minimum absolute atomic E-state index is 0.0926. The number of aromatic nitrogens is 1. The van der Waals surface area contributed by atoms with Gasteiger partial charge in [-0.05, 0) is 92.7 Å². The molecule has 1 amide bonds. The van der Waals surface area contributed by atoms with Gasteiger partial charge >= 0.3 is 6.09 Å². The van der Waals surface area contributed by atoms with E-state index < -0.39 is 17.0 Å². The monoisotopic (exact) mass is 437 g/mol. The molecule has 0 saturated carbocycles. The Labute approximate surface area is 185 Å². The van der Waals surface area contributed by atoms with Gasteiger partial charge in [0.25, 0.3) is 0 Å². The average molecular weight is 438 g/mol. The fraction of sp³-hybridized carbons (Fsp3) is 0.739. The highest BCUT2D eigenvalue weighted by molar-refractivity contribution is 7.90. The highest BCUT2D eigenvalue weighted by Gasteiger charge is 2.43. The first-order chi connectivity index (χ1) is 13.7. The molecule has 1 fully saturated rings. The van der Waals surface area contributed by atoms with E-state index in [2.05, 4.69) is 23.6 Å². The summed E-state index contributed by atoms with van der Waals surface area (Å²) in [6.07, 6.45) is 4.17. The number of nitrogens with one attached hydrogen (secondary N) is 1. The van der Waals surface area contributed by atoms with E-state index in [0.717, 1.165) is 25.0 Å². The maximum atomic E-state index is 12.7. The number of rotatable bonds is 6. The van der Waals surface area contributed by atoms with Crippen LogP contribution in [0.3, 0.4) is 0 Å². The Morgan fingerprint density at radius 2 is 2.00 bits per heavy atom. The smallest absolute Gasteiger partial charge is 0.410 e. The van der Waals surface area contributed by atoms with Crippen LogP contribution in [0.15, 0.2) is 24.4 Å². The zero-order valence-electron chi connectivity index (χ0n) is 19.8. The van der Waals surface area contributed by atoms with E-state index in [9.17, 15) is 9.35 Å². The second kappa shape index (κ2) is 9.45. The van der Waals surface area contributed by atoms with Crippen LogP contribution >= 0.6 is 0 Å².